The van der Waals surface area contributed by atoms with Crippen LogP contribution in [0.5, 0.6) is 5.75 Å². The Kier molecular flexibility index (Phi) is 4.42. The van der Waals surface area contributed by atoms with Crippen molar-refractivity contribution in [1.82, 2.24) is 0 Å². The summed E-state index contributed by atoms with van der Waals surface area (Å²) in [4.78, 5) is 11.7. The van der Waals surface area contributed by atoms with E-state index in [0.717, 1.165) is 0 Å². The van der Waals surface area contributed by atoms with Crippen LogP contribution in [-0.2, 0) is 4.79 Å². The molecule has 0 saturated carbocycles. The van der Waals surface area contributed by atoms with Crippen LogP contribution < -0.4 is 15.8 Å². The molecule has 2 rings (SSSR count). The maximum atomic E-state index is 12.7. The average molecular weight is 295 g/mol. The molecule has 0 heterocycles. The Morgan fingerprint density at radius 3 is 2.60 bits per heavy atom. The highest BCUT2D eigenvalue weighted by Crippen LogP contribution is 2.24. The molecular formula is C14H12ClFN2O2. The van der Waals surface area contributed by atoms with E-state index in [1.165, 1.54) is 30.3 Å². The molecule has 1 amide bonds. The molecule has 0 bridgehead atoms. The molecule has 0 saturated heterocycles. The predicted molar refractivity (Wildman–Crippen MR) is 76.4 cm³/mol. The summed E-state index contributed by atoms with van der Waals surface area (Å²) in [5, 5.41) is 3.06. The monoisotopic (exact) mass is 294 g/mol. The second-order valence-corrected chi connectivity index (χ2v) is 4.46. The summed E-state index contributed by atoms with van der Waals surface area (Å²) in [6.45, 7) is -0.205. The van der Waals surface area contributed by atoms with Gasteiger partial charge in [-0.2, -0.15) is 0 Å². The Balaban J connectivity index is 1.90. The minimum Gasteiger partial charge on any atom is -0.482 e. The van der Waals surface area contributed by atoms with Crippen molar-refractivity contribution in [2.45, 2.75) is 0 Å². The van der Waals surface area contributed by atoms with Gasteiger partial charge in [-0.15, -0.1) is 0 Å². The van der Waals surface area contributed by atoms with Crippen molar-refractivity contribution < 1.29 is 13.9 Å². The standard InChI is InChI=1S/C14H12ClFN2O2/c15-9-1-6-13(12(17)7-9)20-8-14(19)18-11-4-2-10(16)3-5-11/h1-7H,8,17H2,(H,18,19). The van der Waals surface area contributed by atoms with Gasteiger partial charge in [0.05, 0.1) is 5.69 Å². The largest absolute Gasteiger partial charge is 0.482 e. The zero-order valence-corrected chi connectivity index (χ0v) is 11.2. The second kappa shape index (κ2) is 6.25. The van der Waals surface area contributed by atoms with E-state index in [2.05, 4.69) is 5.32 Å². The number of carbonyl (C=O) groups excluding carboxylic acids is 1. The first-order chi connectivity index (χ1) is 9.54. The van der Waals surface area contributed by atoms with Crippen LogP contribution in [-0.4, -0.2) is 12.5 Å². The first-order valence-corrected chi connectivity index (χ1v) is 6.15. The van der Waals surface area contributed by atoms with E-state index in [0.29, 0.717) is 22.1 Å². The van der Waals surface area contributed by atoms with Crippen molar-refractivity contribution in [2.24, 2.45) is 0 Å². The molecule has 104 valence electrons. The molecule has 0 radical (unpaired) electrons. The van der Waals surface area contributed by atoms with Crippen LogP contribution >= 0.6 is 11.6 Å². The van der Waals surface area contributed by atoms with Crippen LogP contribution in [0.15, 0.2) is 42.5 Å². The van der Waals surface area contributed by atoms with Gasteiger partial charge in [0.1, 0.15) is 11.6 Å². The number of hydrogen-bond donors (Lipinski definition) is 2. The van der Waals surface area contributed by atoms with Gasteiger partial charge in [-0.25, -0.2) is 4.39 Å². The van der Waals surface area contributed by atoms with Gasteiger partial charge < -0.3 is 15.8 Å². The fourth-order valence-electron chi connectivity index (χ4n) is 1.52. The zero-order chi connectivity index (χ0) is 14.5. The third-order valence-corrected chi connectivity index (χ3v) is 2.69. The van der Waals surface area contributed by atoms with Gasteiger partial charge in [0, 0.05) is 10.7 Å². The molecule has 6 heteroatoms. The van der Waals surface area contributed by atoms with Crippen LogP contribution in [0.25, 0.3) is 0 Å². The van der Waals surface area contributed by atoms with Crippen LogP contribution in [0.1, 0.15) is 0 Å². The number of nitrogen functional groups attached to an aromatic ring is 1. The number of anilines is 2. The minimum atomic E-state index is -0.369. The Labute approximate surface area is 120 Å². The topological polar surface area (TPSA) is 64.3 Å². The molecule has 0 spiro atoms. The van der Waals surface area contributed by atoms with E-state index in [9.17, 15) is 9.18 Å². The molecule has 2 aromatic carbocycles. The van der Waals surface area contributed by atoms with Crippen molar-refractivity contribution in [3.63, 3.8) is 0 Å². The fourth-order valence-corrected chi connectivity index (χ4v) is 1.70. The normalized spacial score (nSPS) is 10.1. The van der Waals surface area contributed by atoms with Gasteiger partial charge in [-0.1, -0.05) is 11.6 Å². The van der Waals surface area contributed by atoms with Gasteiger partial charge in [0.15, 0.2) is 6.61 Å². The first-order valence-electron chi connectivity index (χ1n) is 5.78. The minimum absolute atomic E-state index is 0.205. The molecular weight excluding hydrogens is 283 g/mol. The lowest BCUT2D eigenvalue weighted by Gasteiger charge is -2.09. The fraction of sp³-hybridized carbons (Fsp3) is 0.0714. The average Bonchev–Trinajstić information content (AvgIpc) is 2.40. The lowest BCUT2D eigenvalue weighted by Crippen LogP contribution is -2.20. The molecule has 0 fully saturated rings. The number of amides is 1. The summed E-state index contributed by atoms with van der Waals surface area (Å²) in [7, 11) is 0. The lowest BCUT2D eigenvalue weighted by atomic mass is 10.3. The number of rotatable bonds is 4. The molecule has 0 aromatic heterocycles. The third-order valence-electron chi connectivity index (χ3n) is 2.46. The van der Waals surface area contributed by atoms with Crippen LogP contribution in [0, 0.1) is 5.82 Å². The summed E-state index contributed by atoms with van der Waals surface area (Å²) in [5.74, 6) is -0.359. The molecule has 0 aliphatic rings. The number of halogens is 2. The van der Waals surface area contributed by atoms with Gasteiger partial charge >= 0.3 is 0 Å². The maximum absolute atomic E-state index is 12.7. The zero-order valence-electron chi connectivity index (χ0n) is 10.4. The molecule has 3 N–H and O–H groups in total. The van der Waals surface area contributed by atoms with Crippen molar-refractivity contribution in [1.29, 1.82) is 0 Å². The Hall–Kier alpha value is -2.27. The van der Waals surface area contributed by atoms with Crippen LogP contribution in [0.4, 0.5) is 15.8 Å². The molecule has 0 aliphatic heterocycles. The van der Waals surface area contributed by atoms with Crippen molar-refractivity contribution >= 4 is 28.9 Å². The van der Waals surface area contributed by atoms with Crippen LogP contribution in [0.2, 0.25) is 5.02 Å². The summed E-state index contributed by atoms with van der Waals surface area (Å²) >= 11 is 5.75. The summed E-state index contributed by atoms with van der Waals surface area (Å²) in [6, 6.07) is 10.2. The van der Waals surface area contributed by atoms with Crippen molar-refractivity contribution in [2.75, 3.05) is 17.7 Å². The van der Waals surface area contributed by atoms with E-state index in [1.807, 2.05) is 0 Å². The smallest absolute Gasteiger partial charge is 0.262 e. The lowest BCUT2D eigenvalue weighted by molar-refractivity contribution is -0.118. The molecule has 20 heavy (non-hydrogen) atoms. The van der Waals surface area contributed by atoms with E-state index >= 15 is 0 Å². The number of benzene rings is 2. The second-order valence-electron chi connectivity index (χ2n) is 4.03. The quantitative estimate of drug-likeness (QED) is 0.852. The maximum Gasteiger partial charge on any atom is 0.262 e. The summed E-state index contributed by atoms with van der Waals surface area (Å²) < 4.78 is 18.0. The number of nitrogens with one attached hydrogen (secondary N) is 1. The Morgan fingerprint density at radius 2 is 1.95 bits per heavy atom. The highest BCUT2D eigenvalue weighted by molar-refractivity contribution is 6.30. The van der Waals surface area contributed by atoms with Crippen LogP contribution in [0.3, 0.4) is 0 Å². The third kappa shape index (κ3) is 3.86. The van der Waals surface area contributed by atoms with E-state index in [1.54, 1.807) is 12.1 Å². The SMILES string of the molecule is Nc1cc(Cl)ccc1OCC(=O)Nc1ccc(F)cc1. The molecule has 0 unspecified atom stereocenters. The number of carbonyl (C=O) groups is 1. The number of nitrogens with two attached hydrogens (primary N) is 1. The van der Waals surface area contributed by atoms with Gasteiger partial charge in [0.2, 0.25) is 0 Å². The van der Waals surface area contributed by atoms with E-state index < -0.39 is 0 Å². The van der Waals surface area contributed by atoms with Crippen molar-refractivity contribution in [3.8, 4) is 5.75 Å². The molecule has 4 nitrogen and oxygen atoms in total. The van der Waals surface area contributed by atoms with Gasteiger partial charge in [0.25, 0.3) is 5.91 Å². The van der Waals surface area contributed by atoms with Gasteiger partial charge in [-0.05, 0) is 42.5 Å². The Morgan fingerprint density at radius 1 is 1.25 bits per heavy atom. The number of ether oxygens (including phenoxy) is 1. The molecule has 0 aliphatic carbocycles. The van der Waals surface area contributed by atoms with E-state index in [4.69, 9.17) is 22.1 Å². The first kappa shape index (κ1) is 14.1. The van der Waals surface area contributed by atoms with E-state index in [-0.39, 0.29) is 18.3 Å². The Bertz CT molecular complexity index is 617. The molecule has 0 atom stereocenters. The van der Waals surface area contributed by atoms with Gasteiger partial charge in [-0.3, -0.25) is 4.79 Å². The highest BCUT2D eigenvalue weighted by atomic mass is 35.5. The highest BCUT2D eigenvalue weighted by Gasteiger charge is 2.06. The summed E-state index contributed by atoms with van der Waals surface area (Å²) in [6.07, 6.45) is 0. The predicted octanol–water partition coefficient (Wildman–Crippen LogP) is 3.08. The summed E-state index contributed by atoms with van der Waals surface area (Å²) in [5.41, 5.74) is 6.54. The number of hydrogen-bond acceptors (Lipinski definition) is 3. The van der Waals surface area contributed by atoms with Crippen molar-refractivity contribution in [3.05, 3.63) is 53.3 Å². The molecule has 2 aromatic rings.